The van der Waals surface area contributed by atoms with E-state index in [4.69, 9.17) is 0 Å². The zero-order valence-corrected chi connectivity index (χ0v) is 11.6. The van der Waals surface area contributed by atoms with Crippen molar-refractivity contribution >= 4 is 5.78 Å². The Morgan fingerprint density at radius 3 is 2.58 bits per heavy atom. The molecule has 0 aliphatic heterocycles. The van der Waals surface area contributed by atoms with Crippen LogP contribution in [-0.2, 0) is 11.2 Å². The Kier molecular flexibility index (Phi) is 5.08. The Hall–Kier alpha value is -1.22. The number of carbonyl (C=O) groups excluding carboxylic acids is 1. The zero-order valence-electron chi connectivity index (χ0n) is 11.6. The van der Waals surface area contributed by atoms with Crippen LogP contribution in [0.2, 0.25) is 0 Å². The van der Waals surface area contributed by atoms with Crippen LogP contribution in [0.1, 0.15) is 38.2 Å². The minimum Gasteiger partial charge on any atom is -0.298 e. The number of hydrogen-bond donors (Lipinski definition) is 0. The number of ketones is 1. The highest BCUT2D eigenvalue weighted by atomic mass is 19.1. The minimum absolute atomic E-state index is 0.231. The SMILES string of the molecule is CCCCN(CC(=O)Cc1ccc(F)cc1)C1CC1. The maximum absolute atomic E-state index is 12.8. The van der Waals surface area contributed by atoms with Crippen molar-refractivity contribution in [1.82, 2.24) is 4.90 Å². The second kappa shape index (κ2) is 6.80. The molecule has 1 aliphatic rings. The molecule has 2 rings (SSSR count). The quantitative estimate of drug-likeness (QED) is 0.718. The average Bonchev–Trinajstić information content (AvgIpc) is 3.21. The number of carbonyl (C=O) groups is 1. The molecule has 0 radical (unpaired) electrons. The molecule has 0 spiro atoms. The van der Waals surface area contributed by atoms with Crippen molar-refractivity contribution in [3.8, 4) is 0 Å². The van der Waals surface area contributed by atoms with E-state index in [0.29, 0.717) is 19.0 Å². The van der Waals surface area contributed by atoms with Crippen molar-refractivity contribution in [1.29, 1.82) is 0 Å². The normalized spacial score (nSPS) is 14.9. The largest absolute Gasteiger partial charge is 0.298 e. The Balaban J connectivity index is 1.83. The highest BCUT2D eigenvalue weighted by molar-refractivity contribution is 5.82. The Labute approximate surface area is 114 Å². The molecular weight excluding hydrogens is 241 g/mol. The maximum atomic E-state index is 12.8. The smallest absolute Gasteiger partial charge is 0.151 e. The van der Waals surface area contributed by atoms with Crippen LogP contribution in [0, 0.1) is 5.82 Å². The standard InChI is InChI=1S/C16H22FNO/c1-2-3-10-18(15-8-9-15)12-16(19)11-13-4-6-14(17)7-5-13/h4-7,15H,2-3,8-12H2,1H3. The molecule has 1 saturated carbocycles. The lowest BCUT2D eigenvalue weighted by atomic mass is 10.1. The number of hydrogen-bond acceptors (Lipinski definition) is 2. The molecule has 0 N–H and O–H groups in total. The molecule has 0 heterocycles. The van der Waals surface area contributed by atoms with Crippen LogP contribution in [0.3, 0.4) is 0 Å². The van der Waals surface area contributed by atoms with Crippen LogP contribution in [0.4, 0.5) is 4.39 Å². The molecule has 0 amide bonds. The van der Waals surface area contributed by atoms with Gasteiger partial charge in [-0.2, -0.15) is 0 Å². The monoisotopic (exact) mass is 263 g/mol. The van der Waals surface area contributed by atoms with E-state index in [1.165, 1.54) is 25.0 Å². The van der Waals surface area contributed by atoms with Crippen LogP contribution in [0.15, 0.2) is 24.3 Å². The molecule has 1 aromatic carbocycles. The fourth-order valence-corrected chi connectivity index (χ4v) is 2.30. The van der Waals surface area contributed by atoms with Crippen LogP contribution in [-0.4, -0.2) is 29.8 Å². The average molecular weight is 263 g/mol. The van der Waals surface area contributed by atoms with E-state index in [1.807, 2.05) is 0 Å². The van der Waals surface area contributed by atoms with Crippen molar-refractivity contribution in [3.05, 3.63) is 35.6 Å². The molecule has 0 atom stereocenters. The lowest BCUT2D eigenvalue weighted by Crippen LogP contribution is -2.33. The Morgan fingerprint density at radius 2 is 2.00 bits per heavy atom. The molecule has 0 bridgehead atoms. The second-order valence-electron chi connectivity index (χ2n) is 5.40. The summed E-state index contributed by atoms with van der Waals surface area (Å²) in [5.74, 6) is -0.0200. The van der Waals surface area contributed by atoms with Gasteiger partial charge in [0.25, 0.3) is 0 Å². The topological polar surface area (TPSA) is 20.3 Å². The first-order valence-corrected chi connectivity index (χ1v) is 7.19. The molecule has 19 heavy (non-hydrogen) atoms. The number of Topliss-reactive ketones (excluding diaryl/α,β-unsaturated/α-hetero) is 1. The zero-order chi connectivity index (χ0) is 13.7. The van der Waals surface area contributed by atoms with Crippen LogP contribution >= 0.6 is 0 Å². The summed E-state index contributed by atoms with van der Waals surface area (Å²) in [6, 6.07) is 6.85. The van der Waals surface area contributed by atoms with Gasteiger partial charge < -0.3 is 0 Å². The van der Waals surface area contributed by atoms with Gasteiger partial charge in [-0.15, -0.1) is 0 Å². The molecule has 3 heteroatoms. The van der Waals surface area contributed by atoms with Crippen molar-refractivity contribution in [3.63, 3.8) is 0 Å². The van der Waals surface area contributed by atoms with Gasteiger partial charge in [-0.1, -0.05) is 25.5 Å². The number of rotatable bonds is 8. The highest BCUT2D eigenvalue weighted by Crippen LogP contribution is 2.27. The maximum Gasteiger partial charge on any atom is 0.151 e. The van der Waals surface area contributed by atoms with Gasteiger partial charge >= 0.3 is 0 Å². The van der Waals surface area contributed by atoms with E-state index in [1.54, 1.807) is 12.1 Å². The van der Waals surface area contributed by atoms with Crippen molar-refractivity contribution in [2.75, 3.05) is 13.1 Å². The van der Waals surface area contributed by atoms with E-state index in [0.717, 1.165) is 24.9 Å². The number of nitrogens with zero attached hydrogens (tertiary/aromatic N) is 1. The molecular formula is C16H22FNO. The van der Waals surface area contributed by atoms with Gasteiger partial charge in [0.2, 0.25) is 0 Å². The third kappa shape index (κ3) is 4.75. The summed E-state index contributed by atoms with van der Waals surface area (Å²) >= 11 is 0. The van der Waals surface area contributed by atoms with Gasteiger partial charge in [-0.25, -0.2) is 4.39 Å². The second-order valence-corrected chi connectivity index (χ2v) is 5.40. The highest BCUT2D eigenvalue weighted by Gasteiger charge is 2.29. The first kappa shape index (κ1) is 14.2. The number of benzene rings is 1. The van der Waals surface area contributed by atoms with Gasteiger partial charge in [0.1, 0.15) is 5.82 Å². The lowest BCUT2D eigenvalue weighted by Gasteiger charge is -2.20. The predicted octanol–water partition coefficient (Wildman–Crippen LogP) is 3.20. The van der Waals surface area contributed by atoms with Gasteiger partial charge in [-0.05, 0) is 43.5 Å². The molecule has 0 saturated heterocycles. The number of unbranched alkanes of at least 4 members (excludes halogenated alkanes) is 1. The third-order valence-electron chi connectivity index (χ3n) is 3.56. The fraction of sp³-hybridized carbons (Fsp3) is 0.562. The van der Waals surface area contributed by atoms with Gasteiger partial charge in [0, 0.05) is 12.5 Å². The molecule has 1 fully saturated rings. The molecule has 0 unspecified atom stereocenters. The summed E-state index contributed by atoms with van der Waals surface area (Å²) in [7, 11) is 0. The number of halogens is 1. The summed E-state index contributed by atoms with van der Waals surface area (Å²) in [5, 5.41) is 0. The molecule has 0 aromatic heterocycles. The Morgan fingerprint density at radius 1 is 1.32 bits per heavy atom. The van der Waals surface area contributed by atoms with Crippen molar-refractivity contribution in [2.24, 2.45) is 0 Å². The van der Waals surface area contributed by atoms with E-state index in [9.17, 15) is 9.18 Å². The fourth-order valence-electron chi connectivity index (χ4n) is 2.30. The molecule has 2 nitrogen and oxygen atoms in total. The minimum atomic E-state index is -0.251. The Bertz CT molecular complexity index is 411. The third-order valence-corrected chi connectivity index (χ3v) is 3.56. The first-order valence-electron chi connectivity index (χ1n) is 7.19. The van der Waals surface area contributed by atoms with Gasteiger partial charge in [0.15, 0.2) is 5.78 Å². The van der Waals surface area contributed by atoms with E-state index in [-0.39, 0.29) is 11.6 Å². The molecule has 1 aliphatic carbocycles. The summed E-state index contributed by atoms with van der Waals surface area (Å²) in [4.78, 5) is 14.4. The summed E-state index contributed by atoms with van der Waals surface area (Å²) < 4.78 is 12.8. The van der Waals surface area contributed by atoms with Gasteiger partial charge in [-0.3, -0.25) is 9.69 Å². The lowest BCUT2D eigenvalue weighted by molar-refractivity contribution is -0.119. The molecule has 104 valence electrons. The summed E-state index contributed by atoms with van der Waals surface area (Å²) in [6.07, 6.45) is 5.19. The van der Waals surface area contributed by atoms with Crippen LogP contribution in [0.5, 0.6) is 0 Å². The van der Waals surface area contributed by atoms with E-state index >= 15 is 0 Å². The van der Waals surface area contributed by atoms with Crippen molar-refractivity contribution in [2.45, 2.75) is 45.1 Å². The van der Waals surface area contributed by atoms with Crippen LogP contribution in [0.25, 0.3) is 0 Å². The summed E-state index contributed by atoms with van der Waals surface area (Å²) in [5.41, 5.74) is 0.901. The van der Waals surface area contributed by atoms with Gasteiger partial charge in [0.05, 0.1) is 6.54 Å². The molecule has 1 aromatic rings. The predicted molar refractivity (Wildman–Crippen MR) is 74.6 cm³/mol. The first-order chi connectivity index (χ1) is 9.19. The van der Waals surface area contributed by atoms with Crippen molar-refractivity contribution < 1.29 is 9.18 Å². The van der Waals surface area contributed by atoms with E-state index < -0.39 is 0 Å². The summed E-state index contributed by atoms with van der Waals surface area (Å²) in [6.45, 7) is 3.74. The van der Waals surface area contributed by atoms with E-state index in [2.05, 4.69) is 11.8 Å². The van der Waals surface area contributed by atoms with Crippen LogP contribution < -0.4 is 0 Å².